The lowest BCUT2D eigenvalue weighted by Crippen LogP contribution is -2.46. The first-order chi connectivity index (χ1) is 10.0. The molecule has 1 fully saturated rings. The number of hydrogen-bond acceptors (Lipinski definition) is 3. The molecule has 0 atom stereocenters. The standard InChI is InChI=1S/C17H23NO3/c1-4-21-15(19)12-18(13(2)3)16(20)17(10-11-17)14-8-6-5-7-9-14/h5-9,13H,4,10-12H2,1-3H3. The Kier molecular flexibility index (Phi) is 4.66. The topological polar surface area (TPSA) is 46.6 Å². The average molecular weight is 289 g/mol. The normalized spacial score (nSPS) is 15.6. The number of carbonyl (C=O) groups excluding carboxylic acids is 2. The molecule has 1 aliphatic carbocycles. The van der Waals surface area contributed by atoms with E-state index >= 15 is 0 Å². The SMILES string of the molecule is CCOC(=O)CN(C(=O)C1(c2ccccc2)CC1)C(C)C. The van der Waals surface area contributed by atoms with Gasteiger partial charge in [0, 0.05) is 6.04 Å². The van der Waals surface area contributed by atoms with E-state index < -0.39 is 5.41 Å². The Labute approximate surface area is 126 Å². The summed E-state index contributed by atoms with van der Waals surface area (Å²) in [7, 11) is 0. The van der Waals surface area contributed by atoms with Gasteiger partial charge in [0.1, 0.15) is 6.54 Å². The summed E-state index contributed by atoms with van der Waals surface area (Å²) < 4.78 is 4.98. The van der Waals surface area contributed by atoms with Gasteiger partial charge in [0.25, 0.3) is 0 Å². The lowest BCUT2D eigenvalue weighted by atomic mass is 9.94. The van der Waals surface area contributed by atoms with Crippen molar-refractivity contribution in [2.24, 2.45) is 0 Å². The van der Waals surface area contributed by atoms with Gasteiger partial charge in [0.2, 0.25) is 5.91 Å². The Hall–Kier alpha value is -1.84. The molecular weight excluding hydrogens is 266 g/mol. The minimum Gasteiger partial charge on any atom is -0.465 e. The molecule has 1 aliphatic rings. The first-order valence-corrected chi connectivity index (χ1v) is 7.53. The first kappa shape index (κ1) is 15.5. The van der Waals surface area contributed by atoms with E-state index in [2.05, 4.69) is 0 Å². The lowest BCUT2D eigenvalue weighted by Gasteiger charge is -2.30. The van der Waals surface area contributed by atoms with Crippen molar-refractivity contribution >= 4 is 11.9 Å². The third kappa shape index (κ3) is 3.26. The van der Waals surface area contributed by atoms with Gasteiger partial charge >= 0.3 is 5.97 Å². The van der Waals surface area contributed by atoms with Crippen LogP contribution in [0.3, 0.4) is 0 Å². The number of hydrogen-bond donors (Lipinski definition) is 0. The van der Waals surface area contributed by atoms with Gasteiger partial charge in [0.05, 0.1) is 12.0 Å². The molecule has 0 heterocycles. The highest BCUT2D eigenvalue weighted by molar-refractivity contribution is 5.93. The summed E-state index contributed by atoms with van der Waals surface area (Å²) in [5.41, 5.74) is 0.613. The maximum atomic E-state index is 12.9. The number of carbonyl (C=O) groups is 2. The highest BCUT2D eigenvalue weighted by atomic mass is 16.5. The minimum atomic E-state index is -0.433. The molecule has 0 saturated heterocycles. The summed E-state index contributed by atoms with van der Waals surface area (Å²) in [6.07, 6.45) is 1.70. The van der Waals surface area contributed by atoms with Gasteiger partial charge in [-0.3, -0.25) is 9.59 Å². The van der Waals surface area contributed by atoms with Crippen LogP contribution in [0, 0.1) is 0 Å². The van der Waals surface area contributed by atoms with Crippen molar-refractivity contribution in [1.29, 1.82) is 0 Å². The fraction of sp³-hybridized carbons (Fsp3) is 0.529. The Morgan fingerprint density at radius 2 is 1.86 bits per heavy atom. The van der Waals surface area contributed by atoms with E-state index in [1.54, 1.807) is 11.8 Å². The van der Waals surface area contributed by atoms with Crippen LogP contribution in [0.4, 0.5) is 0 Å². The summed E-state index contributed by atoms with van der Waals surface area (Å²) in [4.78, 5) is 26.3. The van der Waals surface area contributed by atoms with Crippen molar-refractivity contribution < 1.29 is 14.3 Å². The van der Waals surface area contributed by atoms with Crippen molar-refractivity contribution in [2.45, 2.75) is 45.1 Å². The third-order valence-corrected chi connectivity index (χ3v) is 3.97. The molecule has 0 spiro atoms. The molecule has 0 N–H and O–H groups in total. The van der Waals surface area contributed by atoms with Crippen LogP contribution in [0.2, 0.25) is 0 Å². The highest BCUT2D eigenvalue weighted by Crippen LogP contribution is 2.49. The molecule has 2 rings (SSSR count). The van der Waals surface area contributed by atoms with Crippen molar-refractivity contribution in [3.05, 3.63) is 35.9 Å². The zero-order valence-electron chi connectivity index (χ0n) is 13.0. The zero-order valence-corrected chi connectivity index (χ0v) is 13.0. The largest absolute Gasteiger partial charge is 0.465 e. The maximum Gasteiger partial charge on any atom is 0.325 e. The van der Waals surface area contributed by atoms with Crippen LogP contribution >= 0.6 is 0 Å². The first-order valence-electron chi connectivity index (χ1n) is 7.53. The van der Waals surface area contributed by atoms with E-state index in [9.17, 15) is 9.59 Å². The number of nitrogens with zero attached hydrogens (tertiary/aromatic N) is 1. The van der Waals surface area contributed by atoms with Gasteiger partial charge < -0.3 is 9.64 Å². The van der Waals surface area contributed by atoms with Crippen molar-refractivity contribution in [1.82, 2.24) is 4.90 Å². The molecule has 0 aromatic heterocycles. The number of benzene rings is 1. The second-order valence-corrected chi connectivity index (χ2v) is 5.78. The van der Waals surface area contributed by atoms with Gasteiger partial charge in [-0.15, -0.1) is 0 Å². The van der Waals surface area contributed by atoms with Crippen LogP contribution in [-0.2, 0) is 19.7 Å². The van der Waals surface area contributed by atoms with E-state index in [4.69, 9.17) is 4.74 Å². The molecule has 0 bridgehead atoms. The predicted octanol–water partition coefficient (Wildman–Crippen LogP) is 2.52. The highest BCUT2D eigenvalue weighted by Gasteiger charge is 2.53. The summed E-state index contributed by atoms with van der Waals surface area (Å²) in [6.45, 7) is 5.99. The van der Waals surface area contributed by atoms with Crippen LogP contribution in [0.25, 0.3) is 0 Å². The number of amides is 1. The minimum absolute atomic E-state index is 0.0249. The number of rotatable bonds is 6. The second-order valence-electron chi connectivity index (χ2n) is 5.78. The van der Waals surface area contributed by atoms with Crippen molar-refractivity contribution in [2.75, 3.05) is 13.2 Å². The summed E-state index contributed by atoms with van der Waals surface area (Å²) in [5, 5.41) is 0. The van der Waals surface area contributed by atoms with Crippen molar-refractivity contribution in [3.63, 3.8) is 0 Å². The van der Waals surface area contributed by atoms with Gasteiger partial charge in [0.15, 0.2) is 0 Å². The predicted molar refractivity (Wildman–Crippen MR) is 80.8 cm³/mol. The molecule has 1 saturated carbocycles. The molecule has 1 amide bonds. The van der Waals surface area contributed by atoms with Gasteiger partial charge in [-0.05, 0) is 39.2 Å². The molecule has 21 heavy (non-hydrogen) atoms. The van der Waals surface area contributed by atoms with E-state index in [1.807, 2.05) is 44.2 Å². The Morgan fingerprint density at radius 3 is 2.33 bits per heavy atom. The van der Waals surface area contributed by atoms with E-state index in [0.717, 1.165) is 18.4 Å². The van der Waals surface area contributed by atoms with Crippen LogP contribution < -0.4 is 0 Å². The average Bonchev–Trinajstić information content (AvgIpc) is 3.27. The molecule has 1 aromatic carbocycles. The zero-order chi connectivity index (χ0) is 15.5. The second kappa shape index (κ2) is 6.29. The van der Waals surface area contributed by atoms with Crippen LogP contribution in [0.15, 0.2) is 30.3 Å². The van der Waals surface area contributed by atoms with Crippen LogP contribution in [0.5, 0.6) is 0 Å². The molecule has 1 aromatic rings. The fourth-order valence-corrected chi connectivity index (χ4v) is 2.62. The summed E-state index contributed by atoms with van der Waals surface area (Å²) in [6, 6.07) is 9.81. The molecule has 0 unspecified atom stereocenters. The van der Waals surface area contributed by atoms with E-state index in [1.165, 1.54) is 0 Å². The van der Waals surface area contributed by atoms with Gasteiger partial charge in [-0.1, -0.05) is 30.3 Å². The number of ether oxygens (including phenoxy) is 1. The van der Waals surface area contributed by atoms with Crippen LogP contribution in [-0.4, -0.2) is 36.0 Å². The Bertz CT molecular complexity index is 506. The van der Waals surface area contributed by atoms with E-state index in [0.29, 0.717) is 6.61 Å². The van der Waals surface area contributed by atoms with Crippen molar-refractivity contribution in [3.8, 4) is 0 Å². The van der Waals surface area contributed by atoms with Crippen LogP contribution in [0.1, 0.15) is 39.2 Å². The fourth-order valence-electron chi connectivity index (χ4n) is 2.62. The van der Waals surface area contributed by atoms with Gasteiger partial charge in [-0.2, -0.15) is 0 Å². The molecule has 0 aliphatic heterocycles. The maximum absolute atomic E-state index is 12.9. The lowest BCUT2D eigenvalue weighted by molar-refractivity contribution is -0.151. The van der Waals surface area contributed by atoms with E-state index in [-0.39, 0.29) is 24.5 Å². The molecule has 0 radical (unpaired) electrons. The Morgan fingerprint density at radius 1 is 1.24 bits per heavy atom. The third-order valence-electron chi connectivity index (χ3n) is 3.97. The monoisotopic (exact) mass is 289 g/mol. The molecular formula is C17H23NO3. The number of esters is 1. The molecule has 4 nitrogen and oxygen atoms in total. The molecule has 4 heteroatoms. The quantitative estimate of drug-likeness (QED) is 0.756. The van der Waals surface area contributed by atoms with Gasteiger partial charge in [-0.25, -0.2) is 0 Å². The smallest absolute Gasteiger partial charge is 0.325 e. The molecule has 114 valence electrons. The summed E-state index contributed by atoms with van der Waals surface area (Å²) >= 11 is 0. The summed E-state index contributed by atoms with van der Waals surface area (Å²) in [5.74, 6) is -0.305. The Balaban J connectivity index is 2.17.